The van der Waals surface area contributed by atoms with Gasteiger partial charge in [-0.15, -0.1) is 66.5 Å². The van der Waals surface area contributed by atoms with Gasteiger partial charge in [0, 0.05) is 11.5 Å². The lowest BCUT2D eigenvalue weighted by atomic mass is 9.92. The third-order valence-electron chi connectivity index (χ3n) is 5.11. The number of hydrogen-bond donors (Lipinski definition) is 0. The normalized spacial score (nSPS) is 21.2. The highest BCUT2D eigenvalue weighted by Gasteiger charge is 2.57. The van der Waals surface area contributed by atoms with Crippen molar-refractivity contribution in [3.63, 3.8) is 0 Å². The fourth-order valence-corrected chi connectivity index (χ4v) is 12.7. The molecule has 0 radical (unpaired) electrons. The molecule has 16 heteroatoms. The summed E-state index contributed by atoms with van der Waals surface area (Å²) in [5.74, 6) is -1.35. The molecule has 0 aliphatic heterocycles. The van der Waals surface area contributed by atoms with Gasteiger partial charge in [0.05, 0.1) is 40.2 Å². The van der Waals surface area contributed by atoms with Gasteiger partial charge in [-0.2, -0.15) is 0 Å². The highest BCUT2D eigenvalue weighted by atomic mass is 35.8. The largest absolute Gasteiger partial charge is 0.345 e. The van der Waals surface area contributed by atoms with Crippen LogP contribution in [0.15, 0.2) is 6.07 Å². The second-order valence-electron chi connectivity index (χ2n) is 6.94. The summed E-state index contributed by atoms with van der Waals surface area (Å²) in [6.45, 7) is 0. The molecule has 0 saturated carbocycles. The lowest BCUT2D eigenvalue weighted by Gasteiger charge is -2.32. The Hall–Kier alpha value is 2.93. The fourth-order valence-electron chi connectivity index (χ4n) is 3.99. The van der Waals surface area contributed by atoms with E-state index in [-0.39, 0.29) is 46.2 Å². The van der Waals surface area contributed by atoms with Crippen molar-refractivity contribution in [3.05, 3.63) is 62.9 Å². The van der Waals surface area contributed by atoms with Gasteiger partial charge in [0.2, 0.25) is 0 Å². The molecule has 0 amide bonds. The Labute approximate surface area is 254 Å². The summed E-state index contributed by atoms with van der Waals surface area (Å²) >= 11 is 90.1. The van der Waals surface area contributed by atoms with Crippen LogP contribution in [0.2, 0.25) is 51.8 Å². The first-order valence-corrected chi connectivity index (χ1v) is 21.7. The van der Waals surface area contributed by atoms with Gasteiger partial charge >= 0.3 is 12.0 Å². The number of halogens is 14. The van der Waals surface area contributed by atoms with Crippen molar-refractivity contribution in [2.75, 3.05) is 0 Å². The molecule has 0 N–H and O–H groups in total. The number of benzene rings is 2. The maximum absolute atomic E-state index is 6.66. The second kappa shape index (κ2) is 10.6. The van der Waals surface area contributed by atoms with Crippen LogP contribution >= 0.6 is 159 Å². The average Bonchev–Trinajstić information content (AvgIpc) is 2.99. The van der Waals surface area contributed by atoms with Gasteiger partial charge in [0.15, 0.2) is 0 Å². The van der Waals surface area contributed by atoms with Crippen LogP contribution < -0.4 is 0 Å². The van der Waals surface area contributed by atoms with E-state index in [0.717, 1.165) is 0 Å². The van der Waals surface area contributed by atoms with Crippen LogP contribution in [0.4, 0.5) is 0 Å². The summed E-state index contributed by atoms with van der Waals surface area (Å²) in [4.78, 5) is 0. The molecule has 1 aliphatic rings. The summed E-state index contributed by atoms with van der Waals surface area (Å²) in [6, 6.07) is -5.27. The van der Waals surface area contributed by atoms with E-state index in [1.54, 1.807) is 0 Å². The van der Waals surface area contributed by atoms with Crippen molar-refractivity contribution in [1.29, 1.82) is 0 Å². The van der Waals surface area contributed by atoms with Gasteiger partial charge < -0.3 is 0 Å². The van der Waals surface area contributed by atoms with E-state index in [4.69, 9.17) is 159 Å². The first kappa shape index (κ1) is 29.5. The van der Waals surface area contributed by atoms with Gasteiger partial charge in [0.1, 0.15) is 0 Å². The molecule has 3 atom stereocenters. The topological polar surface area (TPSA) is 0 Å². The van der Waals surface area contributed by atoms with Crippen LogP contribution in [-0.2, 0) is 0 Å². The molecule has 32 heavy (non-hydrogen) atoms. The van der Waals surface area contributed by atoms with E-state index in [1.807, 2.05) is 0 Å². The zero-order chi connectivity index (χ0) is 24.5. The average molecular weight is 751 g/mol. The van der Waals surface area contributed by atoms with Crippen LogP contribution in [0, 0.1) is 0 Å². The molecular formula is C16H6Cl14Si2. The third-order valence-corrected chi connectivity index (χ3v) is 14.8. The predicted molar refractivity (Wildman–Crippen MR) is 153 cm³/mol. The van der Waals surface area contributed by atoms with Crippen LogP contribution in [0.3, 0.4) is 0 Å². The van der Waals surface area contributed by atoms with Gasteiger partial charge in [-0.1, -0.05) is 92.8 Å². The van der Waals surface area contributed by atoms with E-state index < -0.39 is 29.4 Å². The first-order valence-electron chi connectivity index (χ1n) is 8.31. The van der Waals surface area contributed by atoms with E-state index in [9.17, 15) is 0 Å². The highest BCUT2D eigenvalue weighted by Crippen LogP contribution is 2.68. The first-order chi connectivity index (χ1) is 14.5. The summed E-state index contributed by atoms with van der Waals surface area (Å²) in [7, 11) is 0. The smallest absolute Gasteiger partial charge is 0.126 e. The van der Waals surface area contributed by atoms with E-state index in [0.29, 0.717) is 16.7 Å². The summed E-state index contributed by atoms with van der Waals surface area (Å²) in [5, 5.41) is 0.662. The quantitative estimate of drug-likeness (QED) is 0.126. The molecule has 2 aromatic carbocycles. The molecule has 0 nitrogen and oxygen atoms in total. The molecule has 176 valence electrons. The van der Waals surface area contributed by atoms with Crippen LogP contribution in [-0.4, -0.2) is 12.0 Å². The molecule has 0 saturated heterocycles. The lowest BCUT2D eigenvalue weighted by molar-refractivity contribution is 0.674. The molecule has 0 fully saturated rings. The third kappa shape index (κ3) is 5.53. The SMILES string of the molecule is Clc1cc([C@@H]2c3c(Cl)c(Cl)c(Cl)c(Cl)c3[C@H](C[Si](Cl)(Cl)Cl)[C@H]2[Si](Cl)(Cl)Cl)c(Cl)c(Cl)c1Cl. The van der Waals surface area contributed by atoms with E-state index in [1.165, 1.54) is 6.07 Å². The van der Waals surface area contributed by atoms with E-state index in [2.05, 4.69) is 0 Å². The Kier molecular flexibility index (Phi) is 9.77. The zero-order valence-corrected chi connectivity index (χ0v) is 27.4. The van der Waals surface area contributed by atoms with Gasteiger partial charge in [-0.25, -0.2) is 0 Å². The minimum Gasteiger partial charge on any atom is -0.126 e. The maximum atomic E-state index is 6.66. The molecule has 0 spiro atoms. The molecule has 0 unspecified atom stereocenters. The monoisotopic (exact) mass is 744 g/mol. The lowest BCUT2D eigenvalue weighted by Crippen LogP contribution is -2.29. The molecule has 0 bridgehead atoms. The predicted octanol–water partition coefficient (Wildman–Crippen LogP) is 12.8. The van der Waals surface area contributed by atoms with Crippen molar-refractivity contribution in [2.45, 2.75) is 23.4 Å². The second-order valence-corrected chi connectivity index (χ2v) is 28.0. The van der Waals surface area contributed by atoms with Gasteiger partial charge in [0.25, 0.3) is 0 Å². The van der Waals surface area contributed by atoms with Crippen LogP contribution in [0.5, 0.6) is 0 Å². The molecule has 0 aromatic heterocycles. The Morgan fingerprint density at radius 3 is 1.53 bits per heavy atom. The zero-order valence-electron chi connectivity index (χ0n) is 14.8. The highest BCUT2D eigenvalue weighted by molar-refractivity contribution is 7.66. The molecule has 1 aliphatic carbocycles. The Morgan fingerprint density at radius 2 is 1.06 bits per heavy atom. The van der Waals surface area contributed by atoms with Gasteiger partial charge in [-0.3, -0.25) is 0 Å². The van der Waals surface area contributed by atoms with Gasteiger partial charge in [-0.05, 0) is 34.7 Å². The van der Waals surface area contributed by atoms with Crippen molar-refractivity contribution in [2.24, 2.45) is 0 Å². The van der Waals surface area contributed by atoms with Crippen molar-refractivity contribution >= 4 is 171 Å². The molecule has 3 rings (SSSR count). The van der Waals surface area contributed by atoms with Crippen molar-refractivity contribution < 1.29 is 0 Å². The molecular weight excluding hydrogens is 745 g/mol. The summed E-state index contributed by atoms with van der Waals surface area (Å²) < 4.78 is 0. The van der Waals surface area contributed by atoms with Crippen molar-refractivity contribution in [3.8, 4) is 0 Å². The fraction of sp³-hybridized carbons (Fsp3) is 0.250. The number of fused-ring (bicyclic) bond motifs is 1. The Balaban J connectivity index is 2.48. The number of hydrogen-bond acceptors (Lipinski definition) is 0. The van der Waals surface area contributed by atoms with E-state index >= 15 is 0 Å². The molecule has 2 aromatic rings. The summed E-state index contributed by atoms with van der Waals surface area (Å²) in [6.07, 6.45) is 0. The van der Waals surface area contributed by atoms with Crippen LogP contribution in [0.25, 0.3) is 0 Å². The minimum atomic E-state index is -3.60. The number of rotatable bonds is 4. The maximum Gasteiger partial charge on any atom is 0.345 e. The minimum absolute atomic E-state index is 0.0286. The van der Waals surface area contributed by atoms with Crippen molar-refractivity contribution in [1.82, 2.24) is 0 Å². The Morgan fingerprint density at radius 1 is 0.594 bits per heavy atom. The summed E-state index contributed by atoms with van der Waals surface area (Å²) in [5.41, 5.74) is 0.637. The molecule has 0 heterocycles. The Bertz CT molecular complexity index is 1090. The standard InChI is InChI=1S/C16H6Cl14Si2/c17-5-1-3(9(18)13(22)10(5)19)7-8-6(11(20)14(23)15(24)12(8)21)4(2-31(25,26)27)16(7)32(28,29)30/h1,4,7,16H,2H2/t4-,7+,16+/m0/s1. The van der Waals surface area contributed by atoms with Crippen LogP contribution in [0.1, 0.15) is 28.5 Å².